The van der Waals surface area contributed by atoms with Crippen molar-refractivity contribution in [2.24, 2.45) is 0 Å². The van der Waals surface area contributed by atoms with Gasteiger partial charge in [-0.25, -0.2) is 0 Å². The molecule has 0 aromatic carbocycles. The van der Waals surface area contributed by atoms with Crippen LogP contribution in [0.15, 0.2) is 0 Å². The highest BCUT2D eigenvalue weighted by Crippen LogP contribution is 2.15. The molecular weight excluding hydrogens is 414 g/mol. The molecule has 0 bridgehead atoms. The predicted octanol–water partition coefficient (Wildman–Crippen LogP) is 8.11. The van der Waals surface area contributed by atoms with Gasteiger partial charge < -0.3 is 15.5 Å². The molecule has 0 saturated carbocycles. The highest BCUT2D eigenvalue weighted by atomic mass is 16.4. The minimum Gasteiger partial charge on any atom is -0.481 e. The van der Waals surface area contributed by atoms with Gasteiger partial charge in [-0.15, -0.1) is 0 Å². The molecule has 0 unspecified atom stereocenters. The van der Waals surface area contributed by atoms with Crippen molar-refractivity contribution < 1.29 is 19.8 Å². The lowest BCUT2D eigenvalue weighted by Gasteiger charge is -2.04. The molecule has 0 radical (unpaired) electrons. The van der Waals surface area contributed by atoms with E-state index in [9.17, 15) is 9.59 Å². The molecule has 0 aliphatic carbocycles. The van der Waals surface area contributed by atoms with Crippen molar-refractivity contribution in [3.63, 3.8) is 0 Å². The number of hydrogen-bond acceptors (Lipinski definition) is 3. The summed E-state index contributed by atoms with van der Waals surface area (Å²) < 4.78 is 0. The zero-order chi connectivity index (χ0) is 24.2. The molecule has 0 rings (SSSR count). The summed E-state index contributed by atoms with van der Waals surface area (Å²) >= 11 is 0. The number of nitrogens with one attached hydrogen (secondary N) is 1. The van der Waals surface area contributed by atoms with Crippen LogP contribution in [-0.4, -0.2) is 35.2 Å². The lowest BCUT2D eigenvalue weighted by Crippen LogP contribution is -2.23. The third kappa shape index (κ3) is 30.9. The zero-order valence-corrected chi connectivity index (χ0v) is 21.6. The Bertz CT molecular complexity index is 390. The van der Waals surface area contributed by atoms with Gasteiger partial charge in [-0.2, -0.15) is 0 Å². The van der Waals surface area contributed by atoms with Crippen molar-refractivity contribution in [2.45, 2.75) is 154 Å². The maximum Gasteiger partial charge on any atom is 0.317 e. The van der Waals surface area contributed by atoms with E-state index in [2.05, 4.69) is 5.32 Å². The molecule has 0 atom stereocenters. The maximum absolute atomic E-state index is 10.4. The smallest absolute Gasteiger partial charge is 0.317 e. The van der Waals surface area contributed by atoms with Gasteiger partial charge in [-0.05, 0) is 19.4 Å². The van der Waals surface area contributed by atoms with Crippen molar-refractivity contribution in [2.75, 3.05) is 13.1 Å². The lowest BCUT2D eigenvalue weighted by molar-refractivity contribution is -0.137. The largest absolute Gasteiger partial charge is 0.481 e. The van der Waals surface area contributed by atoms with Gasteiger partial charge in [0.1, 0.15) is 0 Å². The molecule has 0 aliphatic heterocycles. The summed E-state index contributed by atoms with van der Waals surface area (Å²) in [5, 5.41) is 20.1. The van der Waals surface area contributed by atoms with Gasteiger partial charge in [-0.1, -0.05) is 135 Å². The second-order valence-corrected chi connectivity index (χ2v) is 9.85. The number of rotatable bonds is 28. The first kappa shape index (κ1) is 31.9. The van der Waals surface area contributed by atoms with Crippen LogP contribution < -0.4 is 5.32 Å². The molecule has 0 aromatic heterocycles. The summed E-state index contributed by atoms with van der Waals surface area (Å²) in [4.78, 5) is 20.8. The molecule has 0 spiro atoms. The molecule has 5 nitrogen and oxygen atoms in total. The summed E-state index contributed by atoms with van der Waals surface area (Å²) in [5.74, 6) is -1.43. The van der Waals surface area contributed by atoms with Gasteiger partial charge in [0.25, 0.3) is 0 Å². The number of carbonyl (C=O) groups is 2. The van der Waals surface area contributed by atoms with Crippen LogP contribution in [0.3, 0.4) is 0 Å². The molecule has 33 heavy (non-hydrogen) atoms. The van der Waals surface area contributed by atoms with E-state index in [-0.39, 0.29) is 6.54 Å². The molecule has 0 saturated heterocycles. The summed E-state index contributed by atoms with van der Waals surface area (Å²) in [6.07, 6.45) is 30.5. The highest BCUT2D eigenvalue weighted by Gasteiger charge is 1.98. The SMILES string of the molecule is O=C(O)CCCCCCCCCCCCCCCCCCCCCCCCCNCC(=O)O. The van der Waals surface area contributed by atoms with Crippen LogP contribution >= 0.6 is 0 Å². The molecule has 0 fully saturated rings. The van der Waals surface area contributed by atoms with E-state index in [1.165, 1.54) is 128 Å². The fourth-order valence-corrected chi connectivity index (χ4v) is 4.43. The minimum absolute atomic E-state index is 0.0851. The number of aliphatic carboxylic acids is 2. The van der Waals surface area contributed by atoms with Crippen molar-refractivity contribution in [1.82, 2.24) is 5.32 Å². The van der Waals surface area contributed by atoms with Crippen molar-refractivity contribution in [3.8, 4) is 0 Å². The first-order chi connectivity index (χ1) is 16.1. The van der Waals surface area contributed by atoms with Crippen LogP contribution in [0.1, 0.15) is 154 Å². The molecule has 3 N–H and O–H groups in total. The Morgan fingerprint density at radius 1 is 0.394 bits per heavy atom. The van der Waals surface area contributed by atoms with E-state index in [0.717, 1.165) is 25.8 Å². The Morgan fingerprint density at radius 2 is 0.667 bits per heavy atom. The standard InChI is InChI=1S/C28H55NO4/c30-27(31)24-22-20-18-16-14-12-10-8-6-4-2-1-3-5-7-9-11-13-15-17-19-21-23-25-29-26-28(32)33/h29H,1-26H2,(H,30,31)(H,32,33). The molecular formula is C28H55NO4. The Balaban J connectivity index is 3.02. The Labute approximate surface area is 204 Å². The van der Waals surface area contributed by atoms with E-state index in [1.807, 2.05) is 0 Å². The van der Waals surface area contributed by atoms with Crippen molar-refractivity contribution in [1.29, 1.82) is 0 Å². The average Bonchev–Trinajstić information content (AvgIpc) is 2.78. The Kier molecular flexibility index (Phi) is 26.2. The van der Waals surface area contributed by atoms with Gasteiger partial charge in [-0.3, -0.25) is 9.59 Å². The van der Waals surface area contributed by atoms with Crippen LogP contribution in [0.4, 0.5) is 0 Å². The zero-order valence-electron chi connectivity index (χ0n) is 21.6. The lowest BCUT2D eigenvalue weighted by atomic mass is 10.0. The van der Waals surface area contributed by atoms with Crippen LogP contribution in [0.2, 0.25) is 0 Å². The van der Waals surface area contributed by atoms with Crippen LogP contribution in [0.5, 0.6) is 0 Å². The molecule has 0 aliphatic rings. The summed E-state index contributed by atoms with van der Waals surface area (Å²) in [7, 11) is 0. The number of unbranched alkanes of at least 4 members (excludes halogenated alkanes) is 22. The van der Waals surface area contributed by atoms with Crippen LogP contribution in [-0.2, 0) is 9.59 Å². The van der Waals surface area contributed by atoms with Gasteiger partial charge in [0.2, 0.25) is 0 Å². The predicted molar refractivity (Wildman–Crippen MR) is 139 cm³/mol. The normalized spacial score (nSPS) is 11.2. The van der Waals surface area contributed by atoms with E-state index >= 15 is 0 Å². The third-order valence-electron chi connectivity index (χ3n) is 6.52. The first-order valence-electron chi connectivity index (χ1n) is 14.3. The van der Waals surface area contributed by atoms with E-state index in [4.69, 9.17) is 10.2 Å². The van der Waals surface area contributed by atoms with Gasteiger partial charge in [0.05, 0.1) is 6.54 Å². The fourth-order valence-electron chi connectivity index (χ4n) is 4.43. The third-order valence-corrected chi connectivity index (χ3v) is 6.52. The van der Waals surface area contributed by atoms with Crippen LogP contribution in [0, 0.1) is 0 Å². The fraction of sp³-hybridized carbons (Fsp3) is 0.929. The second-order valence-electron chi connectivity index (χ2n) is 9.85. The monoisotopic (exact) mass is 469 g/mol. The summed E-state index contributed by atoms with van der Waals surface area (Å²) in [5.41, 5.74) is 0. The molecule has 0 aromatic rings. The van der Waals surface area contributed by atoms with Gasteiger partial charge >= 0.3 is 11.9 Å². The summed E-state index contributed by atoms with van der Waals surface area (Å²) in [6, 6.07) is 0. The topological polar surface area (TPSA) is 86.6 Å². The summed E-state index contributed by atoms with van der Waals surface area (Å²) in [6.45, 7) is 0.911. The highest BCUT2D eigenvalue weighted by molar-refractivity contribution is 5.68. The second kappa shape index (κ2) is 27.1. The molecule has 5 heteroatoms. The Morgan fingerprint density at radius 3 is 0.939 bits per heavy atom. The van der Waals surface area contributed by atoms with E-state index in [1.54, 1.807) is 0 Å². The maximum atomic E-state index is 10.4. The first-order valence-corrected chi connectivity index (χ1v) is 14.3. The van der Waals surface area contributed by atoms with Crippen LogP contribution in [0.25, 0.3) is 0 Å². The van der Waals surface area contributed by atoms with Gasteiger partial charge in [0, 0.05) is 6.42 Å². The molecule has 196 valence electrons. The van der Waals surface area contributed by atoms with Crippen molar-refractivity contribution in [3.05, 3.63) is 0 Å². The minimum atomic E-state index is -0.770. The van der Waals surface area contributed by atoms with Crippen molar-refractivity contribution >= 4 is 11.9 Å². The Hall–Kier alpha value is -1.10. The van der Waals surface area contributed by atoms with E-state index in [0.29, 0.717) is 6.42 Å². The number of hydrogen-bond donors (Lipinski definition) is 3. The quantitative estimate of drug-likeness (QED) is 0.101. The number of carboxylic acids is 2. The van der Waals surface area contributed by atoms with E-state index < -0.39 is 11.9 Å². The molecule has 0 heterocycles. The van der Waals surface area contributed by atoms with Gasteiger partial charge in [0.15, 0.2) is 0 Å². The average molecular weight is 470 g/mol. The number of carboxylic acid groups (broad SMARTS) is 2. The molecule has 0 amide bonds.